The van der Waals surface area contributed by atoms with Gasteiger partial charge in [-0.15, -0.1) is 0 Å². The summed E-state index contributed by atoms with van der Waals surface area (Å²) in [5, 5.41) is 12.0. The third-order valence-electron chi connectivity index (χ3n) is 4.56. The predicted octanol–water partition coefficient (Wildman–Crippen LogP) is 3.49. The molecular weight excluding hydrogens is 346 g/mol. The van der Waals surface area contributed by atoms with Crippen molar-refractivity contribution >= 4 is 27.8 Å². The molecule has 0 heterocycles. The molecule has 5 heteroatoms. The summed E-state index contributed by atoms with van der Waals surface area (Å²) in [6.07, 6.45) is 3.67. The first kappa shape index (κ1) is 17.0. The Morgan fingerprint density at radius 2 is 1.77 bits per heavy atom. The molecule has 1 aromatic rings. The molecule has 2 N–H and O–H groups in total. The number of rotatable bonds is 5. The number of aliphatic carboxylic acids is 1. The van der Waals surface area contributed by atoms with Crippen LogP contribution in [0.25, 0.3) is 0 Å². The number of carboxylic acids is 1. The third kappa shape index (κ3) is 3.35. The molecule has 1 aromatic carbocycles. The van der Waals surface area contributed by atoms with Gasteiger partial charge in [0.25, 0.3) is 0 Å². The van der Waals surface area contributed by atoms with Gasteiger partial charge in [-0.05, 0) is 44.4 Å². The highest BCUT2D eigenvalue weighted by Gasteiger charge is 2.43. The van der Waals surface area contributed by atoms with Crippen LogP contribution < -0.4 is 5.32 Å². The smallest absolute Gasteiger partial charge is 0.310 e. The van der Waals surface area contributed by atoms with Crippen LogP contribution in [0.3, 0.4) is 0 Å². The first-order valence-electron chi connectivity index (χ1n) is 7.56. The molecule has 120 valence electrons. The van der Waals surface area contributed by atoms with Crippen LogP contribution in [0, 0.1) is 5.41 Å². The fraction of sp³-hybridized carbons (Fsp3) is 0.529. The van der Waals surface area contributed by atoms with Gasteiger partial charge in [0, 0.05) is 11.0 Å². The topological polar surface area (TPSA) is 66.4 Å². The van der Waals surface area contributed by atoms with E-state index in [0.29, 0.717) is 0 Å². The minimum absolute atomic E-state index is 0.0540. The van der Waals surface area contributed by atoms with Gasteiger partial charge in [-0.3, -0.25) is 9.59 Å². The molecule has 0 bridgehead atoms. The number of hydrogen-bond donors (Lipinski definition) is 2. The Balaban J connectivity index is 2.19. The fourth-order valence-electron chi connectivity index (χ4n) is 2.94. The molecule has 1 aliphatic carbocycles. The quantitative estimate of drug-likeness (QED) is 0.836. The second-order valence-electron chi connectivity index (χ2n) is 6.67. The summed E-state index contributed by atoms with van der Waals surface area (Å²) in [6, 6.07) is 7.86. The van der Waals surface area contributed by atoms with Crippen LogP contribution >= 0.6 is 15.9 Å². The SMILES string of the molecule is CC(C)(CNC(=O)C1(c2ccc(Br)cc2)CCCC1)C(=O)O. The van der Waals surface area contributed by atoms with Crippen molar-refractivity contribution < 1.29 is 14.7 Å². The molecule has 1 amide bonds. The number of nitrogens with one attached hydrogen (secondary N) is 1. The highest BCUT2D eigenvalue weighted by atomic mass is 79.9. The van der Waals surface area contributed by atoms with Crippen LogP contribution in [0.5, 0.6) is 0 Å². The van der Waals surface area contributed by atoms with E-state index in [1.54, 1.807) is 13.8 Å². The number of benzene rings is 1. The fourth-order valence-corrected chi connectivity index (χ4v) is 3.20. The maximum atomic E-state index is 12.8. The van der Waals surface area contributed by atoms with Crippen molar-refractivity contribution in [3.8, 4) is 0 Å². The zero-order chi connectivity index (χ0) is 16.4. The van der Waals surface area contributed by atoms with Crippen LogP contribution in [-0.2, 0) is 15.0 Å². The van der Waals surface area contributed by atoms with Crippen molar-refractivity contribution in [3.05, 3.63) is 34.3 Å². The summed E-state index contributed by atoms with van der Waals surface area (Å²) in [6.45, 7) is 3.38. The van der Waals surface area contributed by atoms with E-state index in [9.17, 15) is 14.7 Å². The van der Waals surface area contributed by atoms with E-state index in [1.807, 2.05) is 24.3 Å². The number of hydrogen-bond acceptors (Lipinski definition) is 2. The molecule has 0 saturated heterocycles. The summed E-state index contributed by atoms with van der Waals surface area (Å²) < 4.78 is 0.983. The van der Waals surface area contributed by atoms with E-state index in [4.69, 9.17) is 0 Å². The largest absolute Gasteiger partial charge is 0.481 e. The highest BCUT2D eigenvalue weighted by molar-refractivity contribution is 9.10. The van der Waals surface area contributed by atoms with Crippen molar-refractivity contribution in [2.75, 3.05) is 6.54 Å². The molecular formula is C17H22BrNO3. The van der Waals surface area contributed by atoms with E-state index >= 15 is 0 Å². The van der Waals surface area contributed by atoms with E-state index in [0.717, 1.165) is 35.7 Å². The van der Waals surface area contributed by atoms with E-state index in [2.05, 4.69) is 21.2 Å². The van der Waals surface area contributed by atoms with Crippen LogP contribution in [0.1, 0.15) is 45.1 Å². The Kier molecular flexibility index (Phi) is 4.95. The van der Waals surface area contributed by atoms with Gasteiger partial charge in [0.05, 0.1) is 10.8 Å². The normalized spacial score (nSPS) is 17.2. The Hall–Kier alpha value is -1.36. The van der Waals surface area contributed by atoms with Crippen LogP contribution in [0.4, 0.5) is 0 Å². The molecule has 2 rings (SSSR count). The summed E-state index contributed by atoms with van der Waals surface area (Å²) in [7, 11) is 0. The molecule has 0 aromatic heterocycles. The molecule has 1 fully saturated rings. The van der Waals surface area contributed by atoms with E-state index < -0.39 is 16.8 Å². The van der Waals surface area contributed by atoms with Gasteiger partial charge in [0.1, 0.15) is 0 Å². The molecule has 22 heavy (non-hydrogen) atoms. The van der Waals surface area contributed by atoms with Gasteiger partial charge < -0.3 is 10.4 Å². The van der Waals surface area contributed by atoms with Gasteiger partial charge in [-0.2, -0.15) is 0 Å². The Morgan fingerprint density at radius 1 is 1.23 bits per heavy atom. The minimum atomic E-state index is -0.963. The summed E-state index contributed by atoms with van der Waals surface area (Å²) >= 11 is 3.42. The number of carbonyl (C=O) groups excluding carboxylic acids is 1. The maximum Gasteiger partial charge on any atom is 0.310 e. The molecule has 0 aliphatic heterocycles. The Morgan fingerprint density at radius 3 is 2.27 bits per heavy atom. The molecule has 1 saturated carbocycles. The minimum Gasteiger partial charge on any atom is -0.481 e. The first-order valence-corrected chi connectivity index (χ1v) is 8.35. The lowest BCUT2D eigenvalue weighted by molar-refractivity contribution is -0.147. The second-order valence-corrected chi connectivity index (χ2v) is 7.58. The summed E-state index contributed by atoms with van der Waals surface area (Å²) in [5.41, 5.74) is -0.469. The third-order valence-corrected chi connectivity index (χ3v) is 5.09. The number of carbonyl (C=O) groups is 2. The molecule has 4 nitrogen and oxygen atoms in total. The van der Waals surface area contributed by atoms with Crippen molar-refractivity contribution in [1.29, 1.82) is 0 Å². The zero-order valence-electron chi connectivity index (χ0n) is 13.0. The van der Waals surface area contributed by atoms with Crippen molar-refractivity contribution in [2.45, 2.75) is 44.9 Å². The number of halogens is 1. The average Bonchev–Trinajstić information content (AvgIpc) is 2.96. The molecule has 1 aliphatic rings. The van der Waals surface area contributed by atoms with E-state index in [1.165, 1.54) is 0 Å². The van der Waals surface area contributed by atoms with Crippen molar-refractivity contribution in [1.82, 2.24) is 5.32 Å². The highest BCUT2D eigenvalue weighted by Crippen LogP contribution is 2.41. The Labute approximate surface area is 139 Å². The van der Waals surface area contributed by atoms with Crippen molar-refractivity contribution in [3.63, 3.8) is 0 Å². The average molecular weight is 368 g/mol. The van der Waals surface area contributed by atoms with Gasteiger partial charge in [0.15, 0.2) is 0 Å². The standard InChI is InChI=1S/C17H22BrNO3/c1-16(2,15(21)22)11-19-14(20)17(9-3-4-10-17)12-5-7-13(18)8-6-12/h5-8H,3-4,9-11H2,1-2H3,(H,19,20)(H,21,22). The van der Waals surface area contributed by atoms with Gasteiger partial charge in [0.2, 0.25) is 5.91 Å². The van der Waals surface area contributed by atoms with E-state index in [-0.39, 0.29) is 12.5 Å². The van der Waals surface area contributed by atoms with Crippen LogP contribution in [0.15, 0.2) is 28.7 Å². The first-order chi connectivity index (χ1) is 10.3. The molecule has 0 radical (unpaired) electrons. The molecule has 0 unspecified atom stereocenters. The summed E-state index contributed by atoms with van der Waals surface area (Å²) in [4.78, 5) is 24.0. The lowest BCUT2D eigenvalue weighted by Gasteiger charge is -2.30. The zero-order valence-corrected chi connectivity index (χ0v) is 14.6. The molecule has 0 spiro atoms. The van der Waals surface area contributed by atoms with Gasteiger partial charge >= 0.3 is 5.97 Å². The lowest BCUT2D eigenvalue weighted by atomic mass is 9.77. The maximum absolute atomic E-state index is 12.8. The van der Waals surface area contributed by atoms with Gasteiger partial charge in [-0.25, -0.2) is 0 Å². The Bertz CT molecular complexity index is 560. The lowest BCUT2D eigenvalue weighted by Crippen LogP contribution is -2.47. The van der Waals surface area contributed by atoms with Crippen LogP contribution in [0.2, 0.25) is 0 Å². The number of carboxylic acid groups (broad SMARTS) is 1. The number of amides is 1. The van der Waals surface area contributed by atoms with Crippen LogP contribution in [-0.4, -0.2) is 23.5 Å². The second kappa shape index (κ2) is 6.41. The monoisotopic (exact) mass is 367 g/mol. The van der Waals surface area contributed by atoms with Crippen molar-refractivity contribution in [2.24, 2.45) is 5.41 Å². The predicted molar refractivity (Wildman–Crippen MR) is 88.7 cm³/mol. The molecule has 0 atom stereocenters. The summed E-state index contributed by atoms with van der Waals surface area (Å²) in [5.74, 6) is -0.960. The van der Waals surface area contributed by atoms with Gasteiger partial charge in [-0.1, -0.05) is 40.9 Å².